The van der Waals surface area contributed by atoms with E-state index >= 15 is 0 Å². The van der Waals surface area contributed by atoms with Crippen molar-refractivity contribution in [1.29, 1.82) is 0 Å². The highest BCUT2D eigenvalue weighted by atomic mass is 16.5. The number of nitrogens with one attached hydrogen (secondary N) is 1. The number of amides is 1. The van der Waals surface area contributed by atoms with Crippen LogP contribution in [0.1, 0.15) is 22.8 Å². The molecule has 0 saturated carbocycles. The Hall–Kier alpha value is -3.35. The lowest BCUT2D eigenvalue weighted by molar-refractivity contribution is -0.139. The molecule has 7 nitrogen and oxygen atoms in total. The first-order valence-corrected chi connectivity index (χ1v) is 7.59. The molecule has 0 aromatic heterocycles. The van der Waals surface area contributed by atoms with Crippen LogP contribution in [0.4, 0.5) is 0 Å². The number of nitrogens with zero attached hydrogens (tertiary/aromatic N) is 1. The van der Waals surface area contributed by atoms with Gasteiger partial charge in [-0.1, -0.05) is 0 Å². The molecular weight excluding hydrogens is 324 g/mol. The van der Waals surface area contributed by atoms with Crippen molar-refractivity contribution in [2.24, 2.45) is 5.10 Å². The van der Waals surface area contributed by atoms with E-state index in [1.54, 1.807) is 48.5 Å². The molecular formula is C18H18N2O5. The first kappa shape index (κ1) is 18.0. The van der Waals surface area contributed by atoms with Gasteiger partial charge in [0.2, 0.25) is 0 Å². The molecule has 0 radical (unpaired) electrons. The van der Waals surface area contributed by atoms with E-state index < -0.39 is 12.6 Å². The van der Waals surface area contributed by atoms with Crippen molar-refractivity contribution >= 4 is 18.1 Å². The van der Waals surface area contributed by atoms with Crippen molar-refractivity contribution in [2.75, 3.05) is 13.2 Å². The smallest absolute Gasteiger partial charge is 0.341 e. The predicted molar refractivity (Wildman–Crippen MR) is 92.2 cm³/mol. The topological polar surface area (TPSA) is 97.2 Å². The molecule has 0 bridgehead atoms. The summed E-state index contributed by atoms with van der Waals surface area (Å²) in [4.78, 5) is 22.4. The zero-order valence-electron chi connectivity index (χ0n) is 13.6. The van der Waals surface area contributed by atoms with Crippen molar-refractivity contribution in [2.45, 2.75) is 6.92 Å². The van der Waals surface area contributed by atoms with Gasteiger partial charge in [-0.05, 0) is 61.0 Å². The third kappa shape index (κ3) is 5.98. The molecule has 0 heterocycles. The minimum Gasteiger partial charge on any atom is -0.494 e. The second kappa shape index (κ2) is 9.07. The van der Waals surface area contributed by atoms with Crippen molar-refractivity contribution in [3.05, 3.63) is 59.7 Å². The zero-order valence-corrected chi connectivity index (χ0v) is 13.6. The van der Waals surface area contributed by atoms with E-state index in [9.17, 15) is 9.59 Å². The largest absolute Gasteiger partial charge is 0.494 e. The van der Waals surface area contributed by atoms with Crippen molar-refractivity contribution in [3.63, 3.8) is 0 Å². The lowest BCUT2D eigenvalue weighted by atomic mass is 10.2. The van der Waals surface area contributed by atoms with Gasteiger partial charge in [-0.3, -0.25) is 4.79 Å². The Kier molecular flexibility index (Phi) is 6.53. The number of rotatable bonds is 8. The second-order valence-electron chi connectivity index (χ2n) is 4.91. The summed E-state index contributed by atoms with van der Waals surface area (Å²) in [7, 11) is 0. The molecule has 0 atom stereocenters. The highest BCUT2D eigenvalue weighted by molar-refractivity contribution is 5.95. The van der Waals surface area contributed by atoms with E-state index in [1.807, 2.05) is 6.92 Å². The monoisotopic (exact) mass is 342 g/mol. The van der Waals surface area contributed by atoms with Crippen LogP contribution in [0.5, 0.6) is 11.5 Å². The standard InChI is InChI=1S/C18H18N2O5/c1-2-24-15-9-5-14(6-10-15)18(23)20-19-11-13-3-7-16(8-4-13)25-12-17(21)22/h3-11H,2,12H2,1H3,(H,20,23)(H,21,22)/b19-11+. The van der Waals surface area contributed by atoms with Crippen LogP contribution in [0.25, 0.3) is 0 Å². The fraction of sp³-hybridized carbons (Fsp3) is 0.167. The van der Waals surface area contributed by atoms with Crippen LogP contribution in [0.3, 0.4) is 0 Å². The van der Waals surface area contributed by atoms with Gasteiger partial charge in [0.25, 0.3) is 5.91 Å². The molecule has 0 spiro atoms. The van der Waals surface area contributed by atoms with Crippen LogP contribution in [0.2, 0.25) is 0 Å². The molecule has 0 fully saturated rings. The maximum absolute atomic E-state index is 12.0. The van der Waals surface area contributed by atoms with Crippen LogP contribution in [-0.4, -0.2) is 36.4 Å². The summed E-state index contributed by atoms with van der Waals surface area (Å²) in [5.41, 5.74) is 3.64. The van der Waals surface area contributed by atoms with Crippen LogP contribution in [-0.2, 0) is 4.79 Å². The molecule has 0 aliphatic heterocycles. The normalized spacial score (nSPS) is 10.4. The third-order valence-electron chi connectivity index (χ3n) is 3.05. The molecule has 130 valence electrons. The molecule has 0 unspecified atom stereocenters. The molecule has 7 heteroatoms. The Bertz CT molecular complexity index is 739. The maximum atomic E-state index is 12.0. The van der Waals surface area contributed by atoms with Crippen LogP contribution in [0, 0.1) is 0 Å². The van der Waals surface area contributed by atoms with Crippen molar-refractivity contribution in [3.8, 4) is 11.5 Å². The van der Waals surface area contributed by atoms with Gasteiger partial charge in [0.15, 0.2) is 6.61 Å². The molecule has 0 aliphatic rings. The SMILES string of the molecule is CCOc1ccc(C(=O)N/N=C/c2ccc(OCC(=O)O)cc2)cc1. The summed E-state index contributed by atoms with van der Waals surface area (Å²) < 4.78 is 10.3. The summed E-state index contributed by atoms with van der Waals surface area (Å²) in [5.74, 6) is -0.228. The highest BCUT2D eigenvalue weighted by Crippen LogP contribution is 2.12. The average Bonchev–Trinajstić information content (AvgIpc) is 2.62. The minimum atomic E-state index is -1.04. The lowest BCUT2D eigenvalue weighted by Gasteiger charge is -2.04. The Balaban J connectivity index is 1.87. The van der Waals surface area contributed by atoms with Gasteiger partial charge in [0.05, 0.1) is 12.8 Å². The van der Waals surface area contributed by atoms with E-state index in [2.05, 4.69) is 10.5 Å². The summed E-state index contributed by atoms with van der Waals surface area (Å²) >= 11 is 0. The molecule has 0 saturated heterocycles. The van der Waals surface area contributed by atoms with Gasteiger partial charge in [0, 0.05) is 5.56 Å². The lowest BCUT2D eigenvalue weighted by Crippen LogP contribution is -2.17. The molecule has 2 aromatic rings. The van der Waals surface area contributed by atoms with Gasteiger partial charge in [-0.15, -0.1) is 0 Å². The van der Waals surface area contributed by atoms with Crippen molar-refractivity contribution < 1.29 is 24.2 Å². The molecule has 1 amide bonds. The summed E-state index contributed by atoms with van der Waals surface area (Å²) in [6.07, 6.45) is 1.48. The first-order valence-electron chi connectivity index (χ1n) is 7.59. The van der Waals surface area contributed by atoms with Crippen LogP contribution < -0.4 is 14.9 Å². The van der Waals surface area contributed by atoms with Crippen molar-refractivity contribution in [1.82, 2.24) is 5.43 Å². The molecule has 25 heavy (non-hydrogen) atoms. The van der Waals surface area contributed by atoms with Crippen LogP contribution >= 0.6 is 0 Å². The molecule has 0 aliphatic carbocycles. The van der Waals surface area contributed by atoms with E-state index in [4.69, 9.17) is 14.6 Å². The van der Waals surface area contributed by atoms with Crippen LogP contribution in [0.15, 0.2) is 53.6 Å². The Morgan fingerprint density at radius 2 is 1.64 bits per heavy atom. The van der Waals surface area contributed by atoms with Gasteiger partial charge in [-0.25, -0.2) is 10.2 Å². The number of aliphatic carboxylic acids is 1. The quantitative estimate of drug-likeness (QED) is 0.567. The Morgan fingerprint density at radius 3 is 2.24 bits per heavy atom. The summed E-state index contributed by atoms with van der Waals surface area (Å²) in [6, 6.07) is 13.4. The number of hydrogen-bond donors (Lipinski definition) is 2. The fourth-order valence-electron chi connectivity index (χ4n) is 1.89. The van der Waals surface area contributed by atoms with Gasteiger partial charge >= 0.3 is 5.97 Å². The average molecular weight is 342 g/mol. The number of carboxylic acids is 1. The first-order chi connectivity index (χ1) is 12.1. The van der Waals surface area contributed by atoms with E-state index in [1.165, 1.54) is 6.21 Å². The number of ether oxygens (including phenoxy) is 2. The second-order valence-corrected chi connectivity index (χ2v) is 4.91. The molecule has 2 aromatic carbocycles. The fourth-order valence-corrected chi connectivity index (χ4v) is 1.89. The minimum absolute atomic E-state index is 0.333. The number of carboxylic acid groups (broad SMARTS) is 1. The molecule has 2 rings (SSSR count). The Labute approximate surface area is 144 Å². The highest BCUT2D eigenvalue weighted by Gasteiger charge is 2.04. The van der Waals surface area contributed by atoms with Gasteiger partial charge in [0.1, 0.15) is 11.5 Å². The van der Waals surface area contributed by atoms with E-state index in [-0.39, 0.29) is 5.91 Å². The van der Waals surface area contributed by atoms with E-state index in [0.717, 1.165) is 5.56 Å². The molecule has 2 N–H and O–H groups in total. The van der Waals surface area contributed by atoms with E-state index in [0.29, 0.717) is 23.7 Å². The van der Waals surface area contributed by atoms with Gasteiger partial charge in [-0.2, -0.15) is 5.10 Å². The number of carbonyl (C=O) groups excluding carboxylic acids is 1. The summed E-state index contributed by atoms with van der Waals surface area (Å²) in [5, 5.41) is 12.4. The zero-order chi connectivity index (χ0) is 18.1. The number of hydrogen-bond acceptors (Lipinski definition) is 5. The Morgan fingerprint density at radius 1 is 1.04 bits per heavy atom. The predicted octanol–water partition coefficient (Wildman–Crippen LogP) is 2.31. The number of carbonyl (C=O) groups is 2. The maximum Gasteiger partial charge on any atom is 0.341 e. The number of benzene rings is 2. The number of hydrazone groups is 1. The van der Waals surface area contributed by atoms with Gasteiger partial charge < -0.3 is 14.6 Å². The third-order valence-corrected chi connectivity index (χ3v) is 3.05. The summed E-state index contributed by atoms with van der Waals surface area (Å²) in [6.45, 7) is 2.06.